The molecule has 24 heavy (non-hydrogen) atoms. The first-order valence-corrected chi connectivity index (χ1v) is 8.56. The quantitative estimate of drug-likeness (QED) is 0.786. The highest BCUT2D eigenvalue weighted by Crippen LogP contribution is 2.18. The van der Waals surface area contributed by atoms with Gasteiger partial charge >= 0.3 is 0 Å². The highest BCUT2D eigenvalue weighted by atomic mass is 32.2. The molecule has 0 aromatic heterocycles. The van der Waals surface area contributed by atoms with E-state index >= 15 is 0 Å². The summed E-state index contributed by atoms with van der Waals surface area (Å²) in [6.45, 7) is 6.39. The summed E-state index contributed by atoms with van der Waals surface area (Å²) >= 11 is 1.12. The zero-order valence-electron chi connectivity index (χ0n) is 13.1. The van der Waals surface area contributed by atoms with E-state index in [9.17, 15) is 9.59 Å². The molecule has 1 fully saturated rings. The molecule has 1 aromatic carbocycles. The molecule has 2 aliphatic heterocycles. The normalized spacial score (nSPS) is 17.9. The number of rotatable bonds is 3. The van der Waals surface area contributed by atoms with Crippen molar-refractivity contribution in [3.63, 3.8) is 0 Å². The number of carbonyl (C=O) groups is 2. The molecular weight excluding hydrogens is 326 g/mol. The minimum atomic E-state index is -0.503. The molecule has 1 aromatic rings. The number of thioether (sulfide) groups is 1. The summed E-state index contributed by atoms with van der Waals surface area (Å²) in [6.07, 6.45) is 0. The second-order valence-electron chi connectivity index (χ2n) is 5.34. The topological polar surface area (TPSA) is 77.7 Å². The number of carbonyl (C=O) groups excluding carboxylic acids is 2. The van der Waals surface area contributed by atoms with Gasteiger partial charge in [-0.25, -0.2) is 0 Å². The molecule has 0 spiro atoms. The van der Waals surface area contributed by atoms with Crippen molar-refractivity contribution >= 4 is 34.4 Å². The number of para-hydroxylation sites is 1. The third-order valence-corrected chi connectivity index (χ3v) is 4.60. The number of amidine groups is 1. The van der Waals surface area contributed by atoms with Crippen LogP contribution >= 0.6 is 11.8 Å². The maximum absolute atomic E-state index is 12.3. The van der Waals surface area contributed by atoms with Crippen molar-refractivity contribution in [2.75, 3.05) is 36.8 Å². The molecule has 8 heteroatoms. The third kappa shape index (κ3) is 3.88. The van der Waals surface area contributed by atoms with Crippen molar-refractivity contribution in [2.45, 2.75) is 0 Å². The minimum absolute atomic E-state index is 0.0162. The second kappa shape index (κ2) is 7.39. The van der Waals surface area contributed by atoms with Crippen molar-refractivity contribution in [1.82, 2.24) is 4.90 Å². The van der Waals surface area contributed by atoms with Crippen LogP contribution < -0.4 is 4.90 Å². The molecule has 3 rings (SSSR count). The monoisotopic (exact) mass is 343 g/mol. The van der Waals surface area contributed by atoms with Gasteiger partial charge in [-0.2, -0.15) is 4.99 Å². The number of anilines is 1. The number of benzene rings is 1. The molecule has 2 aliphatic rings. The fourth-order valence-corrected chi connectivity index (χ4v) is 3.13. The lowest BCUT2D eigenvalue weighted by Gasteiger charge is -2.36. The maximum Gasteiger partial charge on any atom is 0.299 e. The summed E-state index contributed by atoms with van der Waals surface area (Å²) in [6, 6.07) is 10.2. The number of azo groups is 1. The Hall–Kier alpha value is -2.48. The number of nitrogens with zero attached hydrogens (tertiary/aromatic N) is 5. The van der Waals surface area contributed by atoms with Gasteiger partial charge in [0.05, 0.1) is 5.75 Å². The predicted molar refractivity (Wildman–Crippen MR) is 94.1 cm³/mol. The van der Waals surface area contributed by atoms with Gasteiger partial charge in [-0.1, -0.05) is 36.5 Å². The van der Waals surface area contributed by atoms with Gasteiger partial charge in [0, 0.05) is 31.9 Å². The van der Waals surface area contributed by atoms with E-state index in [0.29, 0.717) is 13.1 Å². The maximum atomic E-state index is 12.3. The summed E-state index contributed by atoms with van der Waals surface area (Å²) in [5.41, 5.74) is 1.19. The highest BCUT2D eigenvalue weighted by molar-refractivity contribution is 8.14. The van der Waals surface area contributed by atoms with Gasteiger partial charge in [0.25, 0.3) is 5.91 Å². The van der Waals surface area contributed by atoms with Gasteiger partial charge in [-0.05, 0) is 12.1 Å². The smallest absolute Gasteiger partial charge is 0.299 e. The largest absolute Gasteiger partial charge is 0.368 e. The Labute approximate surface area is 144 Å². The molecule has 0 unspecified atom stereocenters. The SMILES string of the molecule is C=C1N=NC(SCC(=O)N2CCN(c3ccccc3)CC2)=NC1=O. The van der Waals surface area contributed by atoms with Crippen LogP contribution in [0.25, 0.3) is 0 Å². The van der Waals surface area contributed by atoms with E-state index in [4.69, 9.17) is 0 Å². The van der Waals surface area contributed by atoms with E-state index in [0.717, 1.165) is 24.9 Å². The second-order valence-corrected chi connectivity index (χ2v) is 6.28. The lowest BCUT2D eigenvalue weighted by molar-refractivity contribution is -0.128. The van der Waals surface area contributed by atoms with Crippen LogP contribution in [0.1, 0.15) is 0 Å². The Kier molecular flexibility index (Phi) is 5.05. The van der Waals surface area contributed by atoms with E-state index in [2.05, 4.69) is 38.8 Å². The zero-order valence-corrected chi connectivity index (χ0v) is 13.9. The molecule has 2 amide bonds. The van der Waals surface area contributed by atoms with Crippen LogP contribution in [0.4, 0.5) is 5.69 Å². The van der Waals surface area contributed by atoms with Gasteiger partial charge in [0.1, 0.15) is 5.70 Å². The van der Waals surface area contributed by atoms with Crippen LogP contribution in [-0.2, 0) is 9.59 Å². The van der Waals surface area contributed by atoms with Crippen LogP contribution in [0, 0.1) is 0 Å². The fraction of sp³-hybridized carbons (Fsp3) is 0.312. The first kappa shape index (κ1) is 16.4. The van der Waals surface area contributed by atoms with Crippen molar-refractivity contribution in [2.24, 2.45) is 15.2 Å². The van der Waals surface area contributed by atoms with Crippen LogP contribution in [0.2, 0.25) is 0 Å². The lowest BCUT2D eigenvalue weighted by atomic mass is 10.2. The number of hydrogen-bond acceptors (Lipinski definition) is 6. The molecule has 124 valence electrons. The molecule has 7 nitrogen and oxygen atoms in total. The van der Waals surface area contributed by atoms with E-state index in [1.165, 1.54) is 5.69 Å². The van der Waals surface area contributed by atoms with Gasteiger partial charge < -0.3 is 9.80 Å². The summed E-state index contributed by atoms with van der Waals surface area (Å²) in [5.74, 6) is -0.290. The summed E-state index contributed by atoms with van der Waals surface area (Å²) in [4.78, 5) is 31.5. The molecule has 0 atom stereocenters. The van der Waals surface area contributed by atoms with E-state index in [1.807, 2.05) is 23.1 Å². The Bertz CT molecular complexity index is 708. The molecule has 2 heterocycles. The molecule has 0 N–H and O–H groups in total. The summed E-state index contributed by atoms with van der Waals surface area (Å²) in [7, 11) is 0. The summed E-state index contributed by atoms with van der Waals surface area (Å²) < 4.78 is 0. The van der Waals surface area contributed by atoms with Crippen LogP contribution in [0.15, 0.2) is 57.8 Å². The minimum Gasteiger partial charge on any atom is -0.368 e. The average Bonchev–Trinajstić information content (AvgIpc) is 2.63. The third-order valence-electron chi connectivity index (χ3n) is 3.78. The van der Waals surface area contributed by atoms with Crippen molar-refractivity contribution in [3.8, 4) is 0 Å². The van der Waals surface area contributed by atoms with Crippen LogP contribution in [-0.4, -0.2) is 53.8 Å². The Morgan fingerprint density at radius 2 is 1.83 bits per heavy atom. The molecule has 0 aliphatic carbocycles. The Balaban J connectivity index is 1.47. The van der Waals surface area contributed by atoms with Crippen molar-refractivity contribution in [3.05, 3.63) is 42.6 Å². The standard InChI is InChI=1S/C16H17N5O2S/c1-12-15(23)17-16(19-18-12)24-11-14(22)21-9-7-20(8-10-21)13-5-3-2-4-6-13/h2-6H,1,7-11H2. The molecular formula is C16H17N5O2S. The van der Waals surface area contributed by atoms with Crippen LogP contribution in [0.3, 0.4) is 0 Å². The van der Waals surface area contributed by atoms with E-state index in [-0.39, 0.29) is 22.5 Å². The first-order valence-electron chi connectivity index (χ1n) is 7.58. The number of aliphatic imine (C=N–C) groups is 1. The van der Waals surface area contributed by atoms with Crippen molar-refractivity contribution < 1.29 is 9.59 Å². The number of amides is 2. The summed E-state index contributed by atoms with van der Waals surface area (Å²) in [5, 5.41) is 7.60. The molecule has 1 saturated heterocycles. The van der Waals surface area contributed by atoms with Gasteiger partial charge in [0.2, 0.25) is 11.1 Å². The predicted octanol–water partition coefficient (Wildman–Crippen LogP) is 1.93. The van der Waals surface area contributed by atoms with E-state index < -0.39 is 5.91 Å². The Morgan fingerprint density at radius 1 is 1.12 bits per heavy atom. The lowest BCUT2D eigenvalue weighted by Crippen LogP contribution is -2.49. The average molecular weight is 343 g/mol. The molecule has 0 radical (unpaired) electrons. The Morgan fingerprint density at radius 3 is 2.50 bits per heavy atom. The van der Waals surface area contributed by atoms with E-state index in [1.54, 1.807) is 0 Å². The highest BCUT2D eigenvalue weighted by Gasteiger charge is 2.22. The number of piperazine rings is 1. The van der Waals surface area contributed by atoms with Crippen molar-refractivity contribution in [1.29, 1.82) is 0 Å². The van der Waals surface area contributed by atoms with Gasteiger partial charge in [-0.15, -0.1) is 10.2 Å². The van der Waals surface area contributed by atoms with Gasteiger partial charge in [0.15, 0.2) is 0 Å². The molecule has 0 saturated carbocycles. The fourth-order valence-electron chi connectivity index (χ4n) is 2.45. The van der Waals surface area contributed by atoms with Crippen LogP contribution in [0.5, 0.6) is 0 Å². The van der Waals surface area contributed by atoms with Gasteiger partial charge in [-0.3, -0.25) is 9.59 Å². The first-order chi connectivity index (χ1) is 11.6. The zero-order chi connectivity index (χ0) is 16.9. The molecule has 0 bridgehead atoms. The number of hydrogen-bond donors (Lipinski definition) is 0.